The van der Waals surface area contributed by atoms with Crippen molar-refractivity contribution in [1.82, 2.24) is 0 Å². The summed E-state index contributed by atoms with van der Waals surface area (Å²) in [5, 5.41) is 0. The molecule has 0 aromatic heterocycles. The Bertz CT molecular complexity index is 522. The molecule has 19 heavy (non-hydrogen) atoms. The number of Topliss-reactive ketones (excluding diaryl/α,β-unsaturated/α-hetero) is 1. The van der Waals surface area contributed by atoms with E-state index in [2.05, 4.69) is 4.99 Å². The predicted octanol–water partition coefficient (Wildman–Crippen LogP) is 2.01. The maximum absolute atomic E-state index is 12.3. The highest BCUT2D eigenvalue weighted by molar-refractivity contribution is 6.10. The Morgan fingerprint density at radius 2 is 2.16 bits per heavy atom. The van der Waals surface area contributed by atoms with Crippen molar-refractivity contribution in [2.45, 2.75) is 13.3 Å². The molecule has 0 atom stereocenters. The molecule has 102 valence electrons. The standard InChI is InChI=1S/C14H17NO4/c1-9-6-10(17-2)7-12(18-3)14(9)11(16)8-13-15-4-5-19-13/h6-7H,4-5,8H2,1-3H3. The van der Waals surface area contributed by atoms with Crippen molar-refractivity contribution in [2.75, 3.05) is 27.4 Å². The fourth-order valence-electron chi connectivity index (χ4n) is 2.07. The fraction of sp³-hybridized carbons (Fsp3) is 0.429. The lowest BCUT2D eigenvalue weighted by atomic mass is 10.0. The molecule has 0 spiro atoms. The summed E-state index contributed by atoms with van der Waals surface area (Å²) in [6.45, 7) is 3.04. The molecule has 0 saturated carbocycles. The first-order chi connectivity index (χ1) is 9.15. The summed E-state index contributed by atoms with van der Waals surface area (Å²) in [6, 6.07) is 3.52. The topological polar surface area (TPSA) is 57.1 Å². The van der Waals surface area contributed by atoms with Gasteiger partial charge in [0.25, 0.3) is 0 Å². The van der Waals surface area contributed by atoms with E-state index in [0.29, 0.717) is 36.1 Å². The van der Waals surface area contributed by atoms with Gasteiger partial charge in [0, 0.05) is 6.07 Å². The lowest BCUT2D eigenvalue weighted by molar-refractivity contribution is 0.0991. The molecule has 5 heteroatoms. The number of aliphatic imine (C=N–C) groups is 1. The second-order valence-electron chi connectivity index (χ2n) is 4.25. The van der Waals surface area contributed by atoms with Crippen LogP contribution in [-0.4, -0.2) is 39.1 Å². The molecule has 0 N–H and O–H groups in total. The molecule has 0 fully saturated rings. The molecule has 1 aromatic carbocycles. The number of benzene rings is 1. The van der Waals surface area contributed by atoms with Gasteiger partial charge in [0.2, 0.25) is 0 Å². The molecule has 2 rings (SSSR count). The number of carbonyl (C=O) groups excluding carboxylic acids is 1. The van der Waals surface area contributed by atoms with E-state index in [9.17, 15) is 4.79 Å². The Labute approximate surface area is 112 Å². The van der Waals surface area contributed by atoms with Crippen LogP contribution in [0.4, 0.5) is 0 Å². The number of aryl methyl sites for hydroxylation is 1. The van der Waals surface area contributed by atoms with Crippen molar-refractivity contribution in [3.8, 4) is 11.5 Å². The second-order valence-corrected chi connectivity index (χ2v) is 4.25. The van der Waals surface area contributed by atoms with Crippen molar-refractivity contribution in [3.05, 3.63) is 23.3 Å². The van der Waals surface area contributed by atoms with E-state index < -0.39 is 0 Å². The minimum Gasteiger partial charge on any atom is -0.497 e. The Morgan fingerprint density at radius 1 is 1.37 bits per heavy atom. The van der Waals surface area contributed by atoms with Crippen LogP contribution in [0.3, 0.4) is 0 Å². The predicted molar refractivity (Wildman–Crippen MR) is 71.5 cm³/mol. The molecule has 1 aliphatic heterocycles. The number of hydrogen-bond donors (Lipinski definition) is 0. The monoisotopic (exact) mass is 263 g/mol. The first-order valence-corrected chi connectivity index (χ1v) is 6.07. The Morgan fingerprint density at radius 3 is 2.74 bits per heavy atom. The summed E-state index contributed by atoms with van der Waals surface area (Å²) >= 11 is 0. The highest BCUT2D eigenvalue weighted by Gasteiger charge is 2.20. The SMILES string of the molecule is COc1cc(C)c(C(=O)CC2=NCCO2)c(OC)c1. The van der Waals surface area contributed by atoms with E-state index in [1.807, 2.05) is 13.0 Å². The number of ketones is 1. The van der Waals surface area contributed by atoms with Crippen LogP contribution >= 0.6 is 0 Å². The summed E-state index contributed by atoms with van der Waals surface area (Å²) < 4.78 is 15.7. The third-order valence-corrected chi connectivity index (χ3v) is 2.97. The molecule has 0 bridgehead atoms. The fourth-order valence-corrected chi connectivity index (χ4v) is 2.07. The molecule has 0 saturated heterocycles. The average Bonchev–Trinajstić information content (AvgIpc) is 2.90. The summed E-state index contributed by atoms with van der Waals surface area (Å²) in [5.41, 5.74) is 1.38. The number of rotatable bonds is 5. The summed E-state index contributed by atoms with van der Waals surface area (Å²) in [7, 11) is 3.12. The van der Waals surface area contributed by atoms with E-state index in [1.165, 1.54) is 7.11 Å². The first-order valence-electron chi connectivity index (χ1n) is 6.07. The maximum Gasteiger partial charge on any atom is 0.191 e. The molecule has 0 aliphatic carbocycles. The van der Waals surface area contributed by atoms with E-state index in [0.717, 1.165) is 5.56 Å². The molecule has 1 heterocycles. The van der Waals surface area contributed by atoms with Gasteiger partial charge in [0.05, 0.1) is 32.7 Å². The number of carbonyl (C=O) groups is 1. The lowest BCUT2D eigenvalue weighted by Crippen LogP contribution is -2.11. The minimum atomic E-state index is -0.0577. The van der Waals surface area contributed by atoms with Gasteiger partial charge < -0.3 is 14.2 Å². The Balaban J connectivity index is 2.29. The zero-order chi connectivity index (χ0) is 13.8. The smallest absolute Gasteiger partial charge is 0.191 e. The third-order valence-electron chi connectivity index (χ3n) is 2.97. The summed E-state index contributed by atoms with van der Waals surface area (Å²) in [6.07, 6.45) is 0.170. The maximum atomic E-state index is 12.3. The lowest BCUT2D eigenvalue weighted by Gasteiger charge is -2.12. The zero-order valence-electron chi connectivity index (χ0n) is 11.4. The third kappa shape index (κ3) is 2.86. The Kier molecular flexibility index (Phi) is 4.04. The van der Waals surface area contributed by atoms with Crippen LogP contribution in [-0.2, 0) is 4.74 Å². The molecular formula is C14H17NO4. The number of nitrogens with zero attached hydrogens (tertiary/aromatic N) is 1. The normalized spacial score (nSPS) is 13.7. The molecule has 0 radical (unpaired) electrons. The van der Waals surface area contributed by atoms with E-state index >= 15 is 0 Å². The van der Waals surface area contributed by atoms with E-state index in [1.54, 1.807) is 13.2 Å². The van der Waals surface area contributed by atoms with Gasteiger partial charge >= 0.3 is 0 Å². The zero-order valence-corrected chi connectivity index (χ0v) is 11.4. The number of ether oxygens (including phenoxy) is 3. The number of methoxy groups -OCH3 is 2. The highest BCUT2D eigenvalue weighted by atomic mass is 16.5. The molecule has 0 amide bonds. The van der Waals surface area contributed by atoms with Crippen LogP contribution in [0.5, 0.6) is 11.5 Å². The van der Waals surface area contributed by atoms with Crippen LogP contribution in [0.15, 0.2) is 17.1 Å². The Hall–Kier alpha value is -2.04. The van der Waals surface area contributed by atoms with Crippen LogP contribution in [0.25, 0.3) is 0 Å². The van der Waals surface area contributed by atoms with Gasteiger partial charge in [-0.1, -0.05) is 0 Å². The minimum absolute atomic E-state index is 0.0577. The van der Waals surface area contributed by atoms with E-state index in [4.69, 9.17) is 14.2 Å². The molecule has 1 aliphatic rings. The van der Waals surface area contributed by atoms with Gasteiger partial charge in [-0.15, -0.1) is 0 Å². The van der Waals surface area contributed by atoms with Gasteiger partial charge in [-0.05, 0) is 18.6 Å². The van der Waals surface area contributed by atoms with E-state index in [-0.39, 0.29) is 12.2 Å². The largest absolute Gasteiger partial charge is 0.497 e. The summed E-state index contributed by atoms with van der Waals surface area (Å²) in [4.78, 5) is 16.4. The van der Waals surface area contributed by atoms with Crippen LogP contribution < -0.4 is 9.47 Å². The number of hydrogen-bond acceptors (Lipinski definition) is 5. The first kappa shape index (κ1) is 13.4. The van der Waals surface area contributed by atoms with Gasteiger partial charge in [-0.3, -0.25) is 9.79 Å². The van der Waals surface area contributed by atoms with Crippen molar-refractivity contribution in [1.29, 1.82) is 0 Å². The van der Waals surface area contributed by atoms with Gasteiger partial charge in [-0.25, -0.2) is 0 Å². The van der Waals surface area contributed by atoms with Crippen LogP contribution in [0.2, 0.25) is 0 Å². The summed E-state index contributed by atoms with van der Waals surface area (Å²) in [5.74, 6) is 1.63. The van der Waals surface area contributed by atoms with Crippen molar-refractivity contribution in [3.63, 3.8) is 0 Å². The van der Waals surface area contributed by atoms with Crippen molar-refractivity contribution in [2.24, 2.45) is 4.99 Å². The average molecular weight is 263 g/mol. The van der Waals surface area contributed by atoms with Gasteiger partial charge in [0.15, 0.2) is 11.7 Å². The van der Waals surface area contributed by atoms with Crippen LogP contribution in [0.1, 0.15) is 22.3 Å². The second kappa shape index (κ2) is 5.73. The molecule has 5 nitrogen and oxygen atoms in total. The molecule has 1 aromatic rings. The van der Waals surface area contributed by atoms with Gasteiger partial charge in [0.1, 0.15) is 18.1 Å². The quantitative estimate of drug-likeness (QED) is 0.762. The highest BCUT2D eigenvalue weighted by Crippen LogP contribution is 2.29. The van der Waals surface area contributed by atoms with Gasteiger partial charge in [-0.2, -0.15) is 0 Å². The molecule has 0 unspecified atom stereocenters. The van der Waals surface area contributed by atoms with Crippen LogP contribution in [0, 0.1) is 6.92 Å². The van der Waals surface area contributed by atoms with Crippen molar-refractivity contribution >= 4 is 11.7 Å². The molecular weight excluding hydrogens is 246 g/mol. The van der Waals surface area contributed by atoms with Crippen molar-refractivity contribution < 1.29 is 19.0 Å².